The molecule has 2 rings (SSSR count). The zero-order chi connectivity index (χ0) is 14.5. The highest BCUT2D eigenvalue weighted by Gasteiger charge is 2.07. The van der Waals surface area contributed by atoms with Gasteiger partial charge in [-0.25, -0.2) is 4.39 Å². The maximum Gasteiger partial charge on any atom is 0.165 e. The largest absolute Gasteiger partial charge is 0.486 e. The molecule has 0 saturated heterocycles. The first-order valence-electron chi connectivity index (χ1n) is 6.27. The van der Waals surface area contributed by atoms with Crippen LogP contribution >= 0.6 is 0 Å². The summed E-state index contributed by atoms with van der Waals surface area (Å²) < 4.78 is 19.3. The van der Waals surface area contributed by atoms with Crippen LogP contribution in [0.5, 0.6) is 5.75 Å². The molecule has 0 aromatic heterocycles. The third-order valence-corrected chi connectivity index (χ3v) is 2.93. The smallest absolute Gasteiger partial charge is 0.165 e. The molecule has 0 aliphatic carbocycles. The molecule has 0 heterocycles. The molecule has 4 heteroatoms. The minimum Gasteiger partial charge on any atom is -0.486 e. The highest BCUT2D eigenvalue weighted by molar-refractivity contribution is 5.34. The fourth-order valence-electron chi connectivity index (χ4n) is 1.81. The normalized spacial score (nSPS) is 11.7. The predicted molar refractivity (Wildman–Crippen MR) is 74.5 cm³/mol. The summed E-state index contributed by atoms with van der Waals surface area (Å²) in [6, 6.07) is 13.6. The summed E-state index contributed by atoms with van der Waals surface area (Å²) in [6.45, 7) is 2.01. The molecule has 0 saturated carbocycles. The van der Waals surface area contributed by atoms with Crippen LogP contribution in [0, 0.1) is 17.1 Å². The molecule has 0 spiro atoms. The Kier molecular flexibility index (Phi) is 4.34. The Balaban J connectivity index is 2.09. The van der Waals surface area contributed by atoms with E-state index >= 15 is 0 Å². The Morgan fingerprint density at radius 3 is 2.75 bits per heavy atom. The number of ether oxygens (including phenoxy) is 1. The van der Waals surface area contributed by atoms with Gasteiger partial charge in [0.05, 0.1) is 11.6 Å². The molecule has 20 heavy (non-hydrogen) atoms. The van der Waals surface area contributed by atoms with Crippen molar-refractivity contribution in [2.24, 2.45) is 5.73 Å². The minimum absolute atomic E-state index is 0.178. The topological polar surface area (TPSA) is 59.0 Å². The van der Waals surface area contributed by atoms with Gasteiger partial charge in [0, 0.05) is 6.04 Å². The van der Waals surface area contributed by atoms with Crippen LogP contribution in [0.4, 0.5) is 4.39 Å². The lowest BCUT2D eigenvalue weighted by Gasteiger charge is -2.10. The number of nitrogens with two attached hydrogens (primary N) is 1. The SMILES string of the molecule is C[C@@H](N)c1ccc(OCc2cccc(C#N)c2)c(F)c1. The Labute approximate surface area is 117 Å². The van der Waals surface area contributed by atoms with Gasteiger partial charge >= 0.3 is 0 Å². The van der Waals surface area contributed by atoms with Gasteiger partial charge in [-0.15, -0.1) is 0 Å². The van der Waals surface area contributed by atoms with Gasteiger partial charge in [-0.05, 0) is 42.3 Å². The molecular formula is C16H15FN2O. The second kappa shape index (κ2) is 6.18. The molecule has 0 radical (unpaired) electrons. The van der Waals surface area contributed by atoms with Crippen molar-refractivity contribution in [3.05, 3.63) is 65.0 Å². The van der Waals surface area contributed by atoms with Gasteiger partial charge in [-0.1, -0.05) is 18.2 Å². The summed E-state index contributed by atoms with van der Waals surface area (Å²) in [4.78, 5) is 0. The summed E-state index contributed by atoms with van der Waals surface area (Å²) in [6.07, 6.45) is 0. The second-order valence-electron chi connectivity index (χ2n) is 4.58. The van der Waals surface area contributed by atoms with Crippen LogP contribution in [-0.2, 0) is 6.61 Å². The fraction of sp³-hybridized carbons (Fsp3) is 0.188. The molecular weight excluding hydrogens is 255 g/mol. The van der Waals surface area contributed by atoms with Gasteiger partial charge in [-0.3, -0.25) is 0 Å². The number of benzene rings is 2. The van der Waals surface area contributed by atoms with E-state index in [1.165, 1.54) is 6.07 Å². The predicted octanol–water partition coefficient (Wildman–Crippen LogP) is 3.30. The van der Waals surface area contributed by atoms with Crippen LogP contribution in [0.25, 0.3) is 0 Å². The molecule has 0 aliphatic rings. The van der Waals surface area contributed by atoms with Gasteiger partial charge in [0.1, 0.15) is 6.61 Å². The Hall–Kier alpha value is -2.38. The van der Waals surface area contributed by atoms with E-state index in [1.807, 2.05) is 6.07 Å². The summed E-state index contributed by atoms with van der Waals surface area (Å²) in [5.74, 6) is -0.256. The zero-order valence-electron chi connectivity index (χ0n) is 11.1. The van der Waals surface area contributed by atoms with Crippen LogP contribution in [0.3, 0.4) is 0 Å². The van der Waals surface area contributed by atoms with Crippen LogP contribution in [0.2, 0.25) is 0 Å². The van der Waals surface area contributed by atoms with E-state index in [1.54, 1.807) is 37.3 Å². The van der Waals surface area contributed by atoms with E-state index in [0.29, 0.717) is 5.56 Å². The first-order chi connectivity index (χ1) is 9.60. The zero-order valence-corrected chi connectivity index (χ0v) is 11.1. The summed E-state index contributed by atoms with van der Waals surface area (Å²) in [5.41, 5.74) is 7.79. The highest BCUT2D eigenvalue weighted by Crippen LogP contribution is 2.22. The maximum absolute atomic E-state index is 13.8. The van der Waals surface area contributed by atoms with Crippen LogP contribution in [0.1, 0.15) is 29.7 Å². The van der Waals surface area contributed by atoms with E-state index in [9.17, 15) is 4.39 Å². The van der Waals surface area contributed by atoms with Crippen LogP contribution in [0.15, 0.2) is 42.5 Å². The average molecular weight is 270 g/mol. The van der Waals surface area contributed by atoms with E-state index in [0.717, 1.165) is 11.1 Å². The first kappa shape index (κ1) is 14.0. The lowest BCUT2D eigenvalue weighted by Crippen LogP contribution is -2.06. The third-order valence-electron chi connectivity index (χ3n) is 2.93. The van der Waals surface area contributed by atoms with Crippen molar-refractivity contribution in [3.63, 3.8) is 0 Å². The number of nitriles is 1. The minimum atomic E-state index is -0.434. The molecule has 0 fully saturated rings. The lowest BCUT2D eigenvalue weighted by atomic mass is 10.1. The van der Waals surface area contributed by atoms with Crippen molar-refractivity contribution < 1.29 is 9.13 Å². The van der Waals surface area contributed by atoms with Crippen molar-refractivity contribution in [2.45, 2.75) is 19.6 Å². The first-order valence-corrected chi connectivity index (χ1v) is 6.27. The molecule has 0 amide bonds. The van der Waals surface area contributed by atoms with Crippen molar-refractivity contribution in [3.8, 4) is 11.8 Å². The summed E-state index contributed by atoms with van der Waals surface area (Å²) in [7, 11) is 0. The molecule has 2 aromatic carbocycles. The van der Waals surface area contributed by atoms with E-state index in [-0.39, 0.29) is 18.4 Å². The third kappa shape index (κ3) is 3.34. The fourth-order valence-corrected chi connectivity index (χ4v) is 1.81. The van der Waals surface area contributed by atoms with Gasteiger partial charge in [0.25, 0.3) is 0 Å². The lowest BCUT2D eigenvalue weighted by molar-refractivity contribution is 0.290. The Morgan fingerprint density at radius 2 is 2.10 bits per heavy atom. The van der Waals surface area contributed by atoms with Gasteiger partial charge in [-0.2, -0.15) is 5.26 Å². The maximum atomic E-state index is 13.8. The van der Waals surface area contributed by atoms with Gasteiger partial charge in [0.15, 0.2) is 11.6 Å². The molecule has 3 nitrogen and oxygen atoms in total. The average Bonchev–Trinajstić information content (AvgIpc) is 2.46. The van der Waals surface area contributed by atoms with Crippen molar-refractivity contribution >= 4 is 0 Å². The number of hydrogen-bond donors (Lipinski definition) is 1. The van der Waals surface area contributed by atoms with Gasteiger partial charge < -0.3 is 10.5 Å². The second-order valence-corrected chi connectivity index (χ2v) is 4.58. The highest BCUT2D eigenvalue weighted by atomic mass is 19.1. The van der Waals surface area contributed by atoms with E-state index in [2.05, 4.69) is 6.07 Å². The molecule has 2 aromatic rings. The van der Waals surface area contributed by atoms with Crippen molar-refractivity contribution in [2.75, 3.05) is 0 Å². The quantitative estimate of drug-likeness (QED) is 0.927. The molecule has 0 aliphatic heterocycles. The Morgan fingerprint density at radius 1 is 1.30 bits per heavy atom. The Bertz CT molecular complexity index is 647. The standard InChI is InChI=1S/C16H15FN2O/c1-11(19)14-5-6-16(15(17)8-14)20-10-13-4-2-3-12(7-13)9-18/h2-8,11H,10,19H2,1H3/t11-/m1/s1. The molecule has 0 bridgehead atoms. The number of rotatable bonds is 4. The number of halogens is 1. The number of hydrogen-bond acceptors (Lipinski definition) is 3. The van der Waals surface area contributed by atoms with Crippen LogP contribution in [-0.4, -0.2) is 0 Å². The summed E-state index contributed by atoms with van der Waals surface area (Å²) >= 11 is 0. The van der Waals surface area contributed by atoms with Crippen molar-refractivity contribution in [1.82, 2.24) is 0 Å². The summed E-state index contributed by atoms with van der Waals surface area (Å²) in [5, 5.41) is 8.81. The van der Waals surface area contributed by atoms with Gasteiger partial charge in [0.2, 0.25) is 0 Å². The monoisotopic (exact) mass is 270 g/mol. The van der Waals surface area contributed by atoms with Crippen LogP contribution < -0.4 is 10.5 Å². The molecule has 1 atom stereocenters. The van der Waals surface area contributed by atoms with E-state index < -0.39 is 5.82 Å². The molecule has 0 unspecified atom stereocenters. The molecule has 102 valence electrons. The van der Waals surface area contributed by atoms with Crippen molar-refractivity contribution in [1.29, 1.82) is 5.26 Å². The van der Waals surface area contributed by atoms with E-state index in [4.69, 9.17) is 15.7 Å². The molecule has 2 N–H and O–H groups in total. The number of nitrogens with zero attached hydrogens (tertiary/aromatic N) is 1.